The van der Waals surface area contributed by atoms with Gasteiger partial charge >= 0.3 is 0 Å². The van der Waals surface area contributed by atoms with Crippen molar-refractivity contribution in [1.82, 2.24) is 0 Å². The van der Waals surface area contributed by atoms with Crippen molar-refractivity contribution >= 4 is 15.9 Å². The Hall–Kier alpha value is -0.480. The smallest absolute Gasteiger partial charge is 0.143 e. The number of hydrogen-bond donors (Lipinski definition) is 1. The highest BCUT2D eigenvalue weighted by molar-refractivity contribution is 9.10. The van der Waals surface area contributed by atoms with E-state index in [1.165, 1.54) is 12.1 Å². The number of rotatable bonds is 1. The van der Waals surface area contributed by atoms with Crippen LogP contribution in [0.25, 0.3) is 0 Å². The van der Waals surface area contributed by atoms with Crippen LogP contribution in [0.3, 0.4) is 0 Å². The molecule has 0 heterocycles. The van der Waals surface area contributed by atoms with E-state index in [0.717, 1.165) is 19.3 Å². The summed E-state index contributed by atoms with van der Waals surface area (Å²) in [5.74, 6) is -0.795. The Kier molecular flexibility index (Phi) is 4.55. The molecular formula is C16H22BrF2N. The summed E-state index contributed by atoms with van der Waals surface area (Å²) in [6.07, 6.45) is 2.59. The van der Waals surface area contributed by atoms with Gasteiger partial charge in [-0.05, 0) is 58.7 Å². The van der Waals surface area contributed by atoms with Gasteiger partial charge in [-0.15, -0.1) is 0 Å². The zero-order valence-electron chi connectivity index (χ0n) is 12.2. The summed E-state index contributed by atoms with van der Waals surface area (Å²) < 4.78 is 28.7. The van der Waals surface area contributed by atoms with Crippen LogP contribution in [0.2, 0.25) is 0 Å². The molecule has 0 aromatic heterocycles. The third-order valence-corrected chi connectivity index (χ3v) is 5.19. The van der Waals surface area contributed by atoms with Crippen molar-refractivity contribution in [1.29, 1.82) is 0 Å². The fraction of sp³-hybridized carbons (Fsp3) is 0.625. The lowest BCUT2D eigenvalue weighted by molar-refractivity contribution is 0.151. The molecule has 1 aromatic rings. The van der Waals surface area contributed by atoms with Crippen molar-refractivity contribution < 1.29 is 8.78 Å². The molecule has 1 fully saturated rings. The molecule has 0 amide bonds. The summed E-state index contributed by atoms with van der Waals surface area (Å²) in [6.45, 7) is 6.54. The molecule has 1 saturated carbocycles. The first-order valence-corrected chi connectivity index (χ1v) is 7.90. The second-order valence-electron chi connectivity index (χ2n) is 6.90. The van der Waals surface area contributed by atoms with Crippen LogP contribution in [0.1, 0.15) is 51.5 Å². The van der Waals surface area contributed by atoms with E-state index < -0.39 is 11.6 Å². The highest BCUT2D eigenvalue weighted by Gasteiger charge is 2.37. The molecule has 0 aliphatic heterocycles. The quantitative estimate of drug-likeness (QED) is 0.713. The van der Waals surface area contributed by atoms with Gasteiger partial charge in [0.25, 0.3) is 0 Å². The topological polar surface area (TPSA) is 26.0 Å². The molecule has 0 radical (unpaired) electrons. The van der Waals surface area contributed by atoms with Crippen molar-refractivity contribution in [2.75, 3.05) is 0 Å². The summed E-state index contributed by atoms with van der Waals surface area (Å²) in [4.78, 5) is 0. The molecule has 3 unspecified atom stereocenters. The minimum Gasteiger partial charge on any atom is -0.327 e. The van der Waals surface area contributed by atoms with Crippen molar-refractivity contribution in [3.8, 4) is 0 Å². The number of halogens is 3. The molecule has 112 valence electrons. The van der Waals surface area contributed by atoms with Crippen molar-refractivity contribution in [3.05, 3.63) is 33.8 Å². The lowest BCUT2D eigenvalue weighted by Crippen LogP contribution is -2.39. The van der Waals surface area contributed by atoms with Crippen LogP contribution in [-0.2, 0) is 0 Å². The summed E-state index contributed by atoms with van der Waals surface area (Å²) in [5.41, 5.74) is 6.45. The lowest BCUT2D eigenvalue weighted by Gasteiger charge is -2.41. The normalized spacial score (nSPS) is 27.6. The van der Waals surface area contributed by atoms with E-state index in [9.17, 15) is 8.78 Å². The van der Waals surface area contributed by atoms with Crippen LogP contribution in [0.15, 0.2) is 16.6 Å². The molecule has 4 heteroatoms. The van der Waals surface area contributed by atoms with Crippen molar-refractivity contribution in [2.45, 2.75) is 52.0 Å². The van der Waals surface area contributed by atoms with Crippen molar-refractivity contribution in [3.63, 3.8) is 0 Å². The molecule has 2 rings (SSSR count). The van der Waals surface area contributed by atoms with Gasteiger partial charge in [0.2, 0.25) is 0 Å². The first-order chi connectivity index (χ1) is 9.21. The van der Waals surface area contributed by atoms with Gasteiger partial charge in [-0.3, -0.25) is 0 Å². The monoisotopic (exact) mass is 345 g/mol. The predicted octanol–water partition coefficient (Wildman–Crippen LogP) is 4.98. The summed E-state index contributed by atoms with van der Waals surface area (Å²) in [6, 6.07) is 2.55. The van der Waals surface area contributed by atoms with Crippen molar-refractivity contribution in [2.24, 2.45) is 17.1 Å². The van der Waals surface area contributed by atoms with Crippen LogP contribution in [0.4, 0.5) is 8.78 Å². The molecule has 2 N–H and O–H groups in total. The Bertz CT molecular complexity index is 496. The molecule has 1 nitrogen and oxygen atoms in total. The second-order valence-corrected chi connectivity index (χ2v) is 7.76. The minimum absolute atomic E-state index is 0.136. The number of benzene rings is 1. The van der Waals surface area contributed by atoms with Gasteiger partial charge in [-0.2, -0.15) is 0 Å². The third-order valence-electron chi connectivity index (χ3n) is 4.58. The highest BCUT2D eigenvalue weighted by Crippen LogP contribution is 2.45. The maximum atomic E-state index is 14.3. The number of nitrogens with two attached hydrogens (primary N) is 1. The van der Waals surface area contributed by atoms with Gasteiger partial charge in [0.05, 0.1) is 4.47 Å². The minimum atomic E-state index is -0.500. The summed E-state index contributed by atoms with van der Waals surface area (Å²) in [5, 5.41) is 0. The largest absolute Gasteiger partial charge is 0.327 e. The van der Waals surface area contributed by atoms with E-state index >= 15 is 0 Å². The molecular weight excluding hydrogens is 324 g/mol. The average molecular weight is 346 g/mol. The SMILES string of the molecule is CC(C)(C)C1CCC(N)C(c2c(F)ccc(Br)c2F)C1. The fourth-order valence-corrected chi connectivity index (χ4v) is 3.54. The first-order valence-electron chi connectivity index (χ1n) is 7.10. The Balaban J connectivity index is 2.38. The molecule has 0 bridgehead atoms. The Morgan fingerprint density at radius 2 is 1.85 bits per heavy atom. The van der Waals surface area contributed by atoms with Gasteiger partial charge in [-0.1, -0.05) is 20.8 Å². The molecule has 0 spiro atoms. The first kappa shape index (κ1) is 15.9. The highest BCUT2D eigenvalue weighted by atomic mass is 79.9. The predicted molar refractivity (Wildman–Crippen MR) is 81.6 cm³/mol. The summed E-state index contributed by atoms with van der Waals surface area (Å²) in [7, 11) is 0. The van der Waals surface area contributed by atoms with Gasteiger partial charge in [0.1, 0.15) is 11.6 Å². The molecule has 20 heavy (non-hydrogen) atoms. The maximum absolute atomic E-state index is 14.3. The van der Waals surface area contributed by atoms with Crippen LogP contribution < -0.4 is 5.73 Å². The fourth-order valence-electron chi connectivity index (χ4n) is 3.20. The van der Waals surface area contributed by atoms with Gasteiger partial charge < -0.3 is 5.73 Å². The van der Waals surface area contributed by atoms with E-state index in [4.69, 9.17) is 5.73 Å². The number of hydrogen-bond acceptors (Lipinski definition) is 1. The standard InChI is InChI=1S/C16H22BrF2N/c1-16(2,3)9-4-7-13(20)10(8-9)14-12(18)6-5-11(17)15(14)19/h5-6,9-10,13H,4,7-8,20H2,1-3H3. The molecule has 3 atom stereocenters. The van der Waals surface area contributed by atoms with E-state index in [1.807, 2.05) is 0 Å². The molecule has 1 aliphatic rings. The third kappa shape index (κ3) is 3.06. The van der Waals surface area contributed by atoms with E-state index in [0.29, 0.717) is 10.4 Å². The lowest BCUT2D eigenvalue weighted by atomic mass is 9.66. The zero-order chi connectivity index (χ0) is 15.1. The van der Waals surface area contributed by atoms with E-state index in [2.05, 4.69) is 36.7 Å². The Morgan fingerprint density at radius 3 is 2.45 bits per heavy atom. The van der Waals surface area contributed by atoms with E-state index in [-0.39, 0.29) is 22.9 Å². The molecule has 0 saturated heterocycles. The summed E-state index contributed by atoms with van der Waals surface area (Å²) >= 11 is 3.14. The van der Waals surface area contributed by atoms with Gasteiger partial charge in [0, 0.05) is 17.5 Å². The van der Waals surface area contributed by atoms with E-state index in [1.54, 1.807) is 0 Å². The second kappa shape index (κ2) is 5.72. The van der Waals surface area contributed by atoms with Gasteiger partial charge in [-0.25, -0.2) is 8.78 Å². The van der Waals surface area contributed by atoms with Crippen LogP contribution in [-0.4, -0.2) is 6.04 Å². The average Bonchev–Trinajstić information content (AvgIpc) is 2.35. The maximum Gasteiger partial charge on any atom is 0.143 e. The molecule has 1 aromatic carbocycles. The Morgan fingerprint density at radius 1 is 1.20 bits per heavy atom. The molecule has 1 aliphatic carbocycles. The zero-order valence-corrected chi connectivity index (χ0v) is 13.8. The Labute approximate surface area is 128 Å². The van der Waals surface area contributed by atoms with Crippen LogP contribution >= 0.6 is 15.9 Å². The van der Waals surface area contributed by atoms with Crippen LogP contribution in [0.5, 0.6) is 0 Å². The van der Waals surface area contributed by atoms with Gasteiger partial charge in [0.15, 0.2) is 0 Å². The van der Waals surface area contributed by atoms with Crippen LogP contribution in [0, 0.1) is 23.0 Å².